The van der Waals surface area contributed by atoms with E-state index in [4.69, 9.17) is 13.9 Å². The van der Waals surface area contributed by atoms with E-state index in [0.29, 0.717) is 17.2 Å². The van der Waals surface area contributed by atoms with Crippen LogP contribution in [0.15, 0.2) is 59.0 Å². The third-order valence-electron chi connectivity index (χ3n) is 4.24. The number of hydrogen-bond donors (Lipinski definition) is 1. The van der Waals surface area contributed by atoms with E-state index in [1.165, 1.54) is 36.9 Å². The van der Waals surface area contributed by atoms with E-state index in [1.807, 2.05) is 24.3 Å². The number of benzene rings is 2. The number of nitrogens with zero attached hydrogens (tertiary/aromatic N) is 1. The predicted octanol–water partition coefficient (Wildman–Crippen LogP) is 4.59. The summed E-state index contributed by atoms with van der Waals surface area (Å²) in [4.78, 5) is 22.7. The smallest absolute Gasteiger partial charge is 0.291 e. The summed E-state index contributed by atoms with van der Waals surface area (Å²) in [5, 5.41) is 13.5. The van der Waals surface area contributed by atoms with Gasteiger partial charge < -0.3 is 19.2 Å². The second-order valence-electron chi connectivity index (χ2n) is 6.15. The lowest BCUT2D eigenvalue weighted by Crippen LogP contribution is -2.12. The third-order valence-corrected chi connectivity index (χ3v) is 4.24. The van der Waals surface area contributed by atoms with Crippen LogP contribution in [0.3, 0.4) is 0 Å². The van der Waals surface area contributed by atoms with Crippen LogP contribution in [0, 0.1) is 10.1 Å². The van der Waals surface area contributed by atoms with Crippen molar-refractivity contribution in [3.63, 3.8) is 0 Å². The lowest BCUT2D eigenvalue weighted by Gasteiger charge is -2.09. The van der Waals surface area contributed by atoms with Gasteiger partial charge in [-0.25, -0.2) is 0 Å². The Bertz CT molecular complexity index is 1010. The number of furan rings is 1. The van der Waals surface area contributed by atoms with Crippen LogP contribution in [0.1, 0.15) is 28.8 Å². The standard InChI is InChI=1S/C21H20N2O6/c1-3-14-4-7-16(8-5-14)28-13-17-9-11-19(29-17)21(24)22-18-10-6-15(23(25)26)12-20(18)27-2/h4-12H,3,13H2,1-2H3,(H,22,24). The molecule has 0 saturated heterocycles. The molecule has 8 nitrogen and oxygen atoms in total. The zero-order valence-corrected chi connectivity index (χ0v) is 16.0. The Morgan fingerprint density at radius 3 is 2.55 bits per heavy atom. The molecule has 0 aliphatic carbocycles. The van der Waals surface area contributed by atoms with Crippen molar-refractivity contribution in [1.82, 2.24) is 0 Å². The number of ether oxygens (including phenoxy) is 2. The summed E-state index contributed by atoms with van der Waals surface area (Å²) in [5.41, 5.74) is 1.38. The molecular weight excluding hydrogens is 376 g/mol. The monoisotopic (exact) mass is 396 g/mol. The Hall–Kier alpha value is -3.81. The van der Waals surface area contributed by atoms with Gasteiger partial charge in [0.1, 0.15) is 23.9 Å². The molecular formula is C21H20N2O6. The summed E-state index contributed by atoms with van der Waals surface area (Å²) in [5.74, 6) is 0.963. The van der Waals surface area contributed by atoms with Crippen LogP contribution < -0.4 is 14.8 Å². The van der Waals surface area contributed by atoms with Crippen LogP contribution in [-0.2, 0) is 13.0 Å². The number of carbonyl (C=O) groups is 1. The first kappa shape index (κ1) is 19.9. The third kappa shape index (κ3) is 4.92. The first-order chi connectivity index (χ1) is 14.0. The van der Waals surface area contributed by atoms with Crippen LogP contribution in [-0.4, -0.2) is 17.9 Å². The van der Waals surface area contributed by atoms with Crippen molar-refractivity contribution in [3.8, 4) is 11.5 Å². The van der Waals surface area contributed by atoms with Gasteiger partial charge in [0.05, 0.1) is 23.8 Å². The molecule has 2 aromatic carbocycles. The zero-order valence-electron chi connectivity index (χ0n) is 16.0. The fourth-order valence-electron chi connectivity index (χ4n) is 2.63. The van der Waals surface area contributed by atoms with E-state index >= 15 is 0 Å². The molecule has 3 aromatic rings. The number of hydrogen-bond acceptors (Lipinski definition) is 6. The normalized spacial score (nSPS) is 10.4. The van der Waals surface area contributed by atoms with Crippen LogP contribution >= 0.6 is 0 Å². The number of nitro groups is 1. The minimum absolute atomic E-state index is 0.0883. The second-order valence-corrected chi connectivity index (χ2v) is 6.15. The highest BCUT2D eigenvalue weighted by Crippen LogP contribution is 2.29. The number of nitro benzene ring substituents is 1. The molecule has 1 aromatic heterocycles. The number of aryl methyl sites for hydroxylation is 1. The molecule has 0 bridgehead atoms. The highest BCUT2D eigenvalue weighted by atomic mass is 16.6. The lowest BCUT2D eigenvalue weighted by molar-refractivity contribution is -0.384. The van der Waals surface area contributed by atoms with Gasteiger partial charge in [-0.1, -0.05) is 19.1 Å². The molecule has 8 heteroatoms. The summed E-state index contributed by atoms with van der Waals surface area (Å²) in [7, 11) is 1.37. The molecule has 1 amide bonds. The topological polar surface area (TPSA) is 104 Å². The SMILES string of the molecule is CCc1ccc(OCc2ccc(C(=O)Nc3ccc([N+](=O)[O-])cc3OC)o2)cc1. The fourth-order valence-corrected chi connectivity index (χ4v) is 2.63. The average molecular weight is 396 g/mol. The minimum Gasteiger partial charge on any atom is -0.494 e. The van der Waals surface area contributed by atoms with E-state index in [-0.39, 0.29) is 23.8 Å². The van der Waals surface area contributed by atoms with Crippen molar-refractivity contribution < 1.29 is 23.6 Å². The van der Waals surface area contributed by atoms with Crippen LogP contribution in [0.2, 0.25) is 0 Å². The number of rotatable bonds is 8. The quantitative estimate of drug-likeness (QED) is 0.441. The Kier molecular flexibility index (Phi) is 6.13. The highest BCUT2D eigenvalue weighted by molar-refractivity contribution is 6.03. The van der Waals surface area contributed by atoms with Gasteiger partial charge in [-0.2, -0.15) is 0 Å². The van der Waals surface area contributed by atoms with Crippen molar-refractivity contribution in [2.45, 2.75) is 20.0 Å². The Labute approximate surface area is 167 Å². The Morgan fingerprint density at radius 2 is 1.90 bits per heavy atom. The molecule has 1 N–H and O–H groups in total. The number of methoxy groups -OCH3 is 1. The van der Waals surface area contributed by atoms with Gasteiger partial charge in [0.15, 0.2) is 5.76 Å². The van der Waals surface area contributed by atoms with Crippen molar-refractivity contribution in [2.75, 3.05) is 12.4 Å². The van der Waals surface area contributed by atoms with Crippen molar-refractivity contribution in [1.29, 1.82) is 0 Å². The highest BCUT2D eigenvalue weighted by Gasteiger charge is 2.16. The molecule has 29 heavy (non-hydrogen) atoms. The maximum absolute atomic E-state index is 12.4. The van der Waals surface area contributed by atoms with Gasteiger partial charge in [-0.3, -0.25) is 14.9 Å². The van der Waals surface area contributed by atoms with Crippen LogP contribution in [0.25, 0.3) is 0 Å². The predicted molar refractivity (Wildman–Crippen MR) is 106 cm³/mol. The lowest BCUT2D eigenvalue weighted by atomic mass is 10.2. The maximum Gasteiger partial charge on any atom is 0.291 e. The van der Waals surface area contributed by atoms with Gasteiger partial charge in [-0.05, 0) is 42.3 Å². The molecule has 1 heterocycles. The summed E-state index contributed by atoms with van der Waals surface area (Å²) in [6, 6.07) is 14.9. The van der Waals surface area contributed by atoms with E-state index in [0.717, 1.165) is 6.42 Å². The maximum atomic E-state index is 12.4. The first-order valence-corrected chi connectivity index (χ1v) is 8.94. The number of anilines is 1. The minimum atomic E-state index is -0.539. The van der Waals surface area contributed by atoms with Crippen LogP contribution in [0.5, 0.6) is 11.5 Å². The van der Waals surface area contributed by atoms with Gasteiger partial charge in [0.2, 0.25) is 0 Å². The molecule has 150 valence electrons. The van der Waals surface area contributed by atoms with Gasteiger partial charge in [0.25, 0.3) is 11.6 Å². The molecule has 3 rings (SSSR count). The molecule has 0 aliphatic rings. The van der Waals surface area contributed by atoms with E-state index in [2.05, 4.69) is 12.2 Å². The largest absolute Gasteiger partial charge is 0.494 e. The average Bonchev–Trinajstić information content (AvgIpc) is 3.22. The second kappa shape index (κ2) is 8.92. The number of amides is 1. The summed E-state index contributed by atoms with van der Waals surface area (Å²) >= 11 is 0. The molecule has 0 unspecified atom stereocenters. The summed E-state index contributed by atoms with van der Waals surface area (Å²) in [6.45, 7) is 2.26. The summed E-state index contributed by atoms with van der Waals surface area (Å²) in [6.07, 6.45) is 0.955. The van der Waals surface area contributed by atoms with Crippen molar-refractivity contribution in [2.24, 2.45) is 0 Å². The van der Waals surface area contributed by atoms with Crippen LogP contribution in [0.4, 0.5) is 11.4 Å². The number of nitrogens with one attached hydrogen (secondary N) is 1. The molecule has 0 atom stereocenters. The van der Waals surface area contributed by atoms with Gasteiger partial charge >= 0.3 is 0 Å². The van der Waals surface area contributed by atoms with Gasteiger partial charge in [-0.15, -0.1) is 0 Å². The number of non-ortho nitro benzene ring substituents is 1. The molecule has 0 saturated carbocycles. The number of carbonyl (C=O) groups excluding carboxylic acids is 1. The fraction of sp³-hybridized carbons (Fsp3) is 0.190. The first-order valence-electron chi connectivity index (χ1n) is 8.94. The molecule has 0 spiro atoms. The Morgan fingerprint density at radius 1 is 1.14 bits per heavy atom. The van der Waals surface area contributed by atoms with Crippen molar-refractivity contribution >= 4 is 17.3 Å². The van der Waals surface area contributed by atoms with Gasteiger partial charge in [0, 0.05) is 6.07 Å². The zero-order chi connectivity index (χ0) is 20.8. The molecule has 0 fully saturated rings. The van der Waals surface area contributed by atoms with E-state index in [9.17, 15) is 14.9 Å². The Balaban J connectivity index is 1.63. The molecule has 0 radical (unpaired) electrons. The summed E-state index contributed by atoms with van der Waals surface area (Å²) < 4.78 is 16.3. The van der Waals surface area contributed by atoms with E-state index < -0.39 is 10.8 Å². The van der Waals surface area contributed by atoms with E-state index in [1.54, 1.807) is 6.07 Å². The molecule has 0 aliphatic heterocycles. The van der Waals surface area contributed by atoms with Crippen molar-refractivity contribution in [3.05, 3.63) is 81.8 Å².